The highest BCUT2D eigenvalue weighted by atomic mass is 32.2. The Hall–Kier alpha value is -5.15. The van der Waals surface area contributed by atoms with E-state index in [2.05, 4.69) is 21.5 Å². The molecule has 3 aromatic carbocycles. The second-order valence-electron chi connectivity index (χ2n) is 12.8. The first-order valence-corrected chi connectivity index (χ1v) is 17.1. The fourth-order valence-electron chi connectivity index (χ4n) is 5.58. The summed E-state index contributed by atoms with van der Waals surface area (Å²) in [5, 5.41) is -0.515. The van der Waals surface area contributed by atoms with Crippen molar-refractivity contribution in [3.63, 3.8) is 0 Å². The minimum absolute atomic E-state index is 0.0596. The van der Waals surface area contributed by atoms with Crippen molar-refractivity contribution in [1.82, 2.24) is 19.3 Å². The summed E-state index contributed by atoms with van der Waals surface area (Å²) in [5.74, 6) is -0.779. The lowest BCUT2D eigenvalue weighted by Gasteiger charge is -2.15. The smallest absolute Gasteiger partial charge is 0.264 e. The van der Waals surface area contributed by atoms with Gasteiger partial charge in [-0.25, -0.2) is 36.7 Å². The van der Waals surface area contributed by atoms with E-state index in [0.29, 0.717) is 53.1 Å². The predicted octanol–water partition coefficient (Wildman–Crippen LogP) is 7.12. The zero-order chi connectivity index (χ0) is 33.6. The highest BCUT2D eigenvalue weighted by Crippen LogP contribution is 2.47. The molecule has 7 rings (SSSR count). The number of halogens is 2. The summed E-state index contributed by atoms with van der Waals surface area (Å²) < 4.78 is 64.6. The Kier molecular flexibility index (Phi) is 7.95. The highest BCUT2D eigenvalue weighted by Gasteiger charge is 2.39. The number of aromatic nitrogens is 3. The van der Waals surface area contributed by atoms with Gasteiger partial charge in [-0.3, -0.25) is 4.79 Å². The number of carbonyl (C=O) groups excluding carboxylic acids is 1. The molecule has 0 unspecified atom stereocenters. The third-order valence-electron chi connectivity index (χ3n) is 8.89. The molecule has 2 aliphatic carbocycles. The zero-order valence-corrected chi connectivity index (χ0v) is 26.9. The first-order chi connectivity index (χ1) is 23.0. The molecule has 48 heavy (non-hydrogen) atoms. The molecule has 0 spiro atoms. The summed E-state index contributed by atoms with van der Waals surface area (Å²) in [6.45, 7) is 9.73. The molecule has 1 amide bonds. The first kappa shape index (κ1) is 31.4. The van der Waals surface area contributed by atoms with E-state index in [9.17, 15) is 17.6 Å². The summed E-state index contributed by atoms with van der Waals surface area (Å²) >= 11 is 0. The number of sulfonamides is 1. The van der Waals surface area contributed by atoms with Crippen LogP contribution in [-0.2, 0) is 29.6 Å². The number of imidazole rings is 1. The van der Waals surface area contributed by atoms with Crippen molar-refractivity contribution in [2.75, 3.05) is 0 Å². The molecule has 2 fully saturated rings. The van der Waals surface area contributed by atoms with E-state index in [4.69, 9.17) is 16.3 Å². The van der Waals surface area contributed by atoms with Gasteiger partial charge in [0.05, 0.1) is 28.5 Å². The van der Waals surface area contributed by atoms with Crippen LogP contribution in [0.2, 0.25) is 0 Å². The van der Waals surface area contributed by atoms with Crippen molar-refractivity contribution >= 4 is 32.7 Å². The second kappa shape index (κ2) is 12.1. The van der Waals surface area contributed by atoms with E-state index in [1.807, 2.05) is 4.57 Å². The van der Waals surface area contributed by atoms with E-state index in [1.165, 1.54) is 18.2 Å². The van der Waals surface area contributed by atoms with E-state index < -0.39 is 32.8 Å². The number of amides is 1. The number of ether oxygens (including phenoxy) is 1. The number of nitrogens with one attached hydrogen (secondary N) is 1. The maximum Gasteiger partial charge on any atom is 0.264 e. The molecule has 2 aliphatic rings. The number of pyridine rings is 1. The van der Waals surface area contributed by atoms with Crippen molar-refractivity contribution in [2.24, 2.45) is 5.41 Å². The van der Waals surface area contributed by atoms with Crippen LogP contribution in [0.1, 0.15) is 59.9 Å². The van der Waals surface area contributed by atoms with Crippen LogP contribution >= 0.6 is 0 Å². The largest absolute Gasteiger partial charge is 0.473 e. The maximum absolute atomic E-state index is 15.7. The van der Waals surface area contributed by atoms with Crippen LogP contribution in [0, 0.1) is 23.6 Å². The topological polar surface area (TPSA) is 108 Å². The van der Waals surface area contributed by atoms with Crippen LogP contribution in [0.4, 0.5) is 14.5 Å². The quantitative estimate of drug-likeness (QED) is 0.150. The van der Waals surface area contributed by atoms with Crippen molar-refractivity contribution in [3.05, 3.63) is 118 Å². The first-order valence-electron chi connectivity index (χ1n) is 15.6. The fraction of sp³-hybridized carbons (Fsp3) is 0.278. The molecule has 1 N–H and O–H groups in total. The molecule has 2 aromatic heterocycles. The van der Waals surface area contributed by atoms with Gasteiger partial charge in [0.15, 0.2) is 5.69 Å². The second-order valence-corrected chi connectivity index (χ2v) is 14.8. The summed E-state index contributed by atoms with van der Waals surface area (Å²) in [6, 6.07) is 19.0. The number of hydrogen-bond acceptors (Lipinski definition) is 6. The SMILES string of the molecule is [C-]#[N+]c1ccc(COc2cccc(-c3ccc(Cc4nc5ccc(C(=O)NS(=O)(=O)C6CC6)cc5n4CC4(C)CC4)c(F)c3)n2)c(F)c1. The lowest BCUT2D eigenvalue weighted by molar-refractivity contribution is 0.0981. The maximum atomic E-state index is 15.7. The Morgan fingerprint density at radius 1 is 1.02 bits per heavy atom. The summed E-state index contributed by atoms with van der Waals surface area (Å²) in [4.78, 5) is 25.4. The zero-order valence-electron chi connectivity index (χ0n) is 26.0. The molecule has 12 heteroatoms. The van der Waals surface area contributed by atoms with Gasteiger partial charge in [0.25, 0.3) is 5.91 Å². The third-order valence-corrected chi connectivity index (χ3v) is 10.7. The van der Waals surface area contributed by atoms with Gasteiger partial charge in [0.2, 0.25) is 15.9 Å². The fourth-order valence-corrected chi connectivity index (χ4v) is 6.88. The van der Waals surface area contributed by atoms with Crippen molar-refractivity contribution in [1.29, 1.82) is 0 Å². The monoisotopic (exact) mass is 667 g/mol. The minimum atomic E-state index is -3.70. The number of nitrogens with zero attached hydrogens (tertiary/aromatic N) is 4. The molecule has 2 saturated carbocycles. The lowest BCUT2D eigenvalue weighted by atomic mass is 10.0. The average molecular weight is 668 g/mol. The predicted molar refractivity (Wildman–Crippen MR) is 176 cm³/mol. The highest BCUT2D eigenvalue weighted by molar-refractivity contribution is 7.91. The Bertz CT molecular complexity index is 2240. The van der Waals surface area contributed by atoms with Crippen molar-refractivity contribution in [3.8, 4) is 17.1 Å². The van der Waals surface area contributed by atoms with E-state index in [0.717, 1.165) is 18.9 Å². The molecule has 5 aromatic rings. The normalized spacial score (nSPS) is 15.2. The lowest BCUT2D eigenvalue weighted by Crippen LogP contribution is -2.33. The molecule has 0 atom stereocenters. The van der Waals surface area contributed by atoms with E-state index in [1.54, 1.807) is 48.5 Å². The molecule has 0 saturated heterocycles. The van der Waals surface area contributed by atoms with Gasteiger partial charge in [-0.05, 0) is 73.1 Å². The molecule has 2 heterocycles. The summed E-state index contributed by atoms with van der Waals surface area (Å²) in [7, 11) is -3.70. The van der Waals surface area contributed by atoms with Crippen LogP contribution in [0.25, 0.3) is 27.1 Å². The van der Waals surface area contributed by atoms with Gasteiger partial charge >= 0.3 is 0 Å². The summed E-state index contributed by atoms with van der Waals surface area (Å²) in [6.07, 6.45) is 3.37. The average Bonchev–Trinajstić information content (AvgIpc) is 4.01. The van der Waals surface area contributed by atoms with Gasteiger partial charge in [-0.2, -0.15) is 0 Å². The van der Waals surface area contributed by atoms with Gasteiger partial charge in [0, 0.05) is 35.7 Å². The Labute approximate surface area is 276 Å². The number of benzene rings is 3. The van der Waals surface area contributed by atoms with Crippen LogP contribution < -0.4 is 9.46 Å². The molecule has 244 valence electrons. The van der Waals surface area contributed by atoms with Crippen molar-refractivity contribution < 1.29 is 26.7 Å². The number of carbonyl (C=O) groups is 1. The third kappa shape index (κ3) is 6.64. The van der Waals surface area contributed by atoms with E-state index in [-0.39, 0.29) is 41.1 Å². The minimum Gasteiger partial charge on any atom is -0.473 e. The van der Waals surface area contributed by atoms with Gasteiger partial charge < -0.3 is 9.30 Å². The Morgan fingerprint density at radius 2 is 1.79 bits per heavy atom. The van der Waals surface area contributed by atoms with Gasteiger partial charge in [-0.1, -0.05) is 37.3 Å². The molecule has 0 radical (unpaired) electrons. The van der Waals surface area contributed by atoms with Crippen LogP contribution in [0.15, 0.2) is 72.8 Å². The van der Waals surface area contributed by atoms with Gasteiger partial charge in [0.1, 0.15) is 24.1 Å². The molecular formula is C36H31F2N5O4S. The van der Waals surface area contributed by atoms with Crippen molar-refractivity contribution in [2.45, 2.75) is 57.4 Å². The molecule has 0 aliphatic heterocycles. The van der Waals surface area contributed by atoms with E-state index >= 15 is 4.39 Å². The number of hydrogen-bond donors (Lipinski definition) is 1. The van der Waals surface area contributed by atoms with Crippen LogP contribution in [0.3, 0.4) is 0 Å². The molecular weight excluding hydrogens is 636 g/mol. The summed E-state index contributed by atoms with van der Waals surface area (Å²) in [5.41, 5.74) is 3.53. The Balaban J connectivity index is 1.12. The molecule has 9 nitrogen and oxygen atoms in total. The number of rotatable bonds is 11. The standard InChI is InChI=1S/C36H31F2N5O4S/c1-36(14-15-36)21-43-32-17-24(35(44)42-48(45,46)27-11-12-27)9-13-31(32)40-33(43)18-22-6-7-23(16-28(22)37)30-4-3-5-34(41-30)47-20-25-8-10-26(39-2)19-29(25)38/h3-10,13,16-17,19,27H,11-12,14-15,18,20-21H2,1H3,(H,42,44). The number of fused-ring (bicyclic) bond motifs is 1. The van der Waals surface area contributed by atoms with Gasteiger partial charge in [-0.15, -0.1) is 0 Å². The Morgan fingerprint density at radius 3 is 2.50 bits per heavy atom. The molecule has 0 bridgehead atoms. The van der Waals surface area contributed by atoms with Crippen LogP contribution in [0.5, 0.6) is 5.88 Å². The van der Waals surface area contributed by atoms with Crippen LogP contribution in [-0.4, -0.2) is 34.1 Å².